The second kappa shape index (κ2) is 9.21. The molecule has 3 heterocycles. The van der Waals surface area contributed by atoms with Crippen LogP contribution in [0.2, 0.25) is 0 Å². The fraction of sp³-hybridized carbons (Fsp3) is 0.143. The molecule has 0 amide bonds. The number of azo groups is 1. The summed E-state index contributed by atoms with van der Waals surface area (Å²) in [6.07, 6.45) is 2.77. The maximum Gasteiger partial charge on any atom is 0.231 e. The zero-order valence-corrected chi connectivity index (χ0v) is 21.4. The number of benzene rings is 2. The van der Waals surface area contributed by atoms with Gasteiger partial charge in [-0.3, -0.25) is 4.79 Å². The third kappa shape index (κ3) is 3.95. The molecule has 0 spiro atoms. The molecule has 1 aliphatic carbocycles. The Bertz CT molecular complexity index is 1730. The number of aromatic nitrogens is 1. The first-order chi connectivity index (χ1) is 18.1. The van der Waals surface area contributed by atoms with Crippen LogP contribution in [0.25, 0.3) is 21.2 Å². The normalized spacial score (nSPS) is 15.4. The van der Waals surface area contributed by atoms with E-state index in [1.54, 1.807) is 30.3 Å². The van der Waals surface area contributed by atoms with Crippen molar-refractivity contribution < 1.29 is 4.79 Å². The largest absolute Gasteiger partial charge is 0.371 e. The third-order valence-electron chi connectivity index (χ3n) is 6.50. The predicted octanol–water partition coefficient (Wildman–Crippen LogP) is 7.24. The van der Waals surface area contributed by atoms with Gasteiger partial charge in [-0.25, -0.2) is 4.98 Å². The molecule has 37 heavy (non-hydrogen) atoms. The predicted molar refractivity (Wildman–Crippen MR) is 147 cm³/mol. The van der Waals surface area contributed by atoms with Gasteiger partial charge >= 0.3 is 0 Å². The van der Waals surface area contributed by atoms with Crippen LogP contribution in [0.5, 0.6) is 0 Å². The number of ketones is 1. The van der Waals surface area contributed by atoms with Crippen LogP contribution in [0.15, 0.2) is 69.9 Å². The topological polar surface area (TPSA) is 106 Å². The Morgan fingerprint density at radius 2 is 1.92 bits per heavy atom. The number of anilines is 1. The van der Waals surface area contributed by atoms with E-state index >= 15 is 0 Å². The highest BCUT2D eigenvalue weighted by molar-refractivity contribution is 7.29. The second-order valence-corrected chi connectivity index (χ2v) is 10.6. The number of thiophene rings is 1. The number of carbonyl (C=O) groups is 1. The van der Waals surface area contributed by atoms with Gasteiger partial charge in [-0.2, -0.15) is 10.5 Å². The number of thiazole rings is 1. The van der Waals surface area contributed by atoms with E-state index in [1.807, 2.05) is 24.3 Å². The minimum Gasteiger partial charge on any atom is -0.371 e. The maximum absolute atomic E-state index is 13.1. The summed E-state index contributed by atoms with van der Waals surface area (Å²) in [5.74, 6) is -0.191. The average Bonchev–Trinajstić information content (AvgIpc) is 3.66. The van der Waals surface area contributed by atoms with Gasteiger partial charge in [-0.05, 0) is 54.8 Å². The third-order valence-corrected chi connectivity index (χ3v) is 8.49. The molecule has 178 valence electrons. The molecule has 0 bridgehead atoms. The van der Waals surface area contributed by atoms with Crippen LogP contribution in [-0.4, -0.2) is 23.9 Å². The van der Waals surface area contributed by atoms with Crippen LogP contribution < -0.4 is 4.90 Å². The SMILES string of the molecule is CCN1CCc2cc(N=Nc3nc4sc(/C=C5\C(=O)c6ccccc6C5=C(C#N)C#N)cc4s3)ccc21. The van der Waals surface area contributed by atoms with Crippen molar-refractivity contribution in [2.75, 3.05) is 18.0 Å². The van der Waals surface area contributed by atoms with Crippen molar-refractivity contribution in [1.82, 2.24) is 4.98 Å². The first-order valence-electron chi connectivity index (χ1n) is 11.7. The van der Waals surface area contributed by atoms with Crippen LogP contribution in [0.3, 0.4) is 0 Å². The minimum absolute atomic E-state index is 0.0716. The lowest BCUT2D eigenvalue weighted by atomic mass is 9.99. The Morgan fingerprint density at radius 3 is 2.68 bits per heavy atom. The molecule has 1 aliphatic heterocycles. The highest BCUT2D eigenvalue weighted by Crippen LogP contribution is 2.42. The van der Waals surface area contributed by atoms with Crippen LogP contribution in [0.4, 0.5) is 16.5 Å². The van der Waals surface area contributed by atoms with Crippen LogP contribution >= 0.6 is 22.7 Å². The summed E-state index contributed by atoms with van der Waals surface area (Å²) in [5, 5.41) is 28.3. The Balaban J connectivity index is 1.29. The van der Waals surface area contributed by atoms with E-state index in [1.165, 1.54) is 33.9 Å². The summed E-state index contributed by atoms with van der Waals surface area (Å²) in [6.45, 7) is 4.20. The number of fused-ring (bicyclic) bond motifs is 3. The monoisotopic (exact) mass is 518 g/mol. The molecule has 0 fully saturated rings. The Morgan fingerprint density at radius 1 is 1.11 bits per heavy atom. The molecule has 6 rings (SSSR count). The molecule has 0 radical (unpaired) electrons. The van der Waals surface area contributed by atoms with Gasteiger partial charge in [-0.15, -0.1) is 21.6 Å². The van der Waals surface area contributed by atoms with Crippen molar-refractivity contribution in [1.29, 1.82) is 10.5 Å². The Labute approximate surface area is 221 Å². The van der Waals surface area contributed by atoms with Crippen LogP contribution in [0, 0.1) is 22.7 Å². The number of allylic oxidation sites excluding steroid dienone is 3. The Kier molecular flexibility index (Phi) is 5.72. The second-order valence-electron chi connectivity index (χ2n) is 8.56. The molecular weight excluding hydrogens is 500 g/mol. The maximum atomic E-state index is 13.1. The highest BCUT2D eigenvalue weighted by atomic mass is 32.1. The van der Waals surface area contributed by atoms with Crippen molar-refractivity contribution in [2.24, 2.45) is 10.2 Å². The van der Waals surface area contributed by atoms with E-state index in [-0.39, 0.29) is 11.4 Å². The van der Waals surface area contributed by atoms with E-state index < -0.39 is 0 Å². The number of nitriles is 2. The first-order valence-corrected chi connectivity index (χ1v) is 13.3. The molecule has 7 nitrogen and oxygen atoms in total. The average molecular weight is 519 g/mol. The zero-order chi connectivity index (χ0) is 25.5. The number of Topliss-reactive ketones (excluding diaryl/α,β-unsaturated/α-hetero) is 1. The molecule has 0 N–H and O–H groups in total. The molecule has 0 unspecified atom stereocenters. The molecule has 2 aromatic heterocycles. The molecule has 0 atom stereocenters. The van der Waals surface area contributed by atoms with E-state index in [9.17, 15) is 15.3 Å². The van der Waals surface area contributed by atoms with Crippen molar-refractivity contribution in [3.05, 3.63) is 81.2 Å². The summed E-state index contributed by atoms with van der Waals surface area (Å²) < 4.78 is 0.938. The molecule has 4 aromatic rings. The molecule has 2 aromatic carbocycles. The van der Waals surface area contributed by atoms with Gasteiger partial charge in [0.25, 0.3) is 0 Å². The minimum atomic E-state index is -0.191. The lowest BCUT2D eigenvalue weighted by Gasteiger charge is -2.16. The van der Waals surface area contributed by atoms with E-state index in [2.05, 4.69) is 39.2 Å². The summed E-state index contributed by atoms with van der Waals surface area (Å²) in [6, 6.07) is 19.1. The quantitative estimate of drug-likeness (QED) is 0.161. The van der Waals surface area contributed by atoms with Gasteiger partial charge in [0.05, 0.1) is 10.4 Å². The number of rotatable bonds is 4. The fourth-order valence-corrected chi connectivity index (χ4v) is 6.78. The van der Waals surface area contributed by atoms with E-state index in [0.29, 0.717) is 27.4 Å². The van der Waals surface area contributed by atoms with E-state index in [4.69, 9.17) is 0 Å². The van der Waals surface area contributed by atoms with Gasteiger partial charge in [0, 0.05) is 40.4 Å². The van der Waals surface area contributed by atoms with Crippen molar-refractivity contribution >= 4 is 66.1 Å². The highest BCUT2D eigenvalue weighted by Gasteiger charge is 2.32. The van der Waals surface area contributed by atoms with Gasteiger partial charge in [0.15, 0.2) is 5.78 Å². The van der Waals surface area contributed by atoms with Gasteiger partial charge < -0.3 is 4.90 Å². The number of nitrogens with zero attached hydrogens (tertiary/aromatic N) is 6. The molecular formula is C28H18N6OS2. The molecule has 9 heteroatoms. The van der Waals surface area contributed by atoms with Crippen LogP contribution in [-0.2, 0) is 6.42 Å². The number of hydrogen-bond acceptors (Lipinski definition) is 9. The number of carbonyl (C=O) groups excluding carboxylic acids is 1. The fourth-order valence-electron chi connectivity index (χ4n) is 4.79. The summed E-state index contributed by atoms with van der Waals surface area (Å²) in [5.41, 5.74) is 5.17. The van der Waals surface area contributed by atoms with Gasteiger partial charge in [-0.1, -0.05) is 35.6 Å². The molecule has 2 aliphatic rings. The zero-order valence-electron chi connectivity index (χ0n) is 19.7. The first kappa shape index (κ1) is 23.0. The smallest absolute Gasteiger partial charge is 0.231 e. The number of likely N-dealkylation sites (N-methyl/N-ethyl adjacent to an activating group) is 1. The van der Waals surface area contributed by atoms with E-state index in [0.717, 1.165) is 39.6 Å². The molecule has 0 saturated carbocycles. The van der Waals surface area contributed by atoms with Crippen molar-refractivity contribution in [3.63, 3.8) is 0 Å². The van der Waals surface area contributed by atoms with Crippen molar-refractivity contribution in [3.8, 4) is 12.1 Å². The summed E-state index contributed by atoms with van der Waals surface area (Å²) in [4.78, 5) is 21.7. The lowest BCUT2D eigenvalue weighted by molar-refractivity contribution is 0.104. The Hall–Kier alpha value is -4.44. The summed E-state index contributed by atoms with van der Waals surface area (Å²) in [7, 11) is 0. The van der Waals surface area contributed by atoms with Gasteiger partial charge in [0.2, 0.25) is 5.13 Å². The van der Waals surface area contributed by atoms with Crippen LogP contribution in [0.1, 0.15) is 33.3 Å². The number of hydrogen-bond donors (Lipinski definition) is 0. The van der Waals surface area contributed by atoms with Gasteiger partial charge in [0.1, 0.15) is 22.5 Å². The molecule has 0 saturated heterocycles. The standard InChI is InChI=1S/C28H18N6OS2/c1-2-34-10-9-16-11-18(7-8-23(16)34)32-33-28-31-27-24(37-28)13-19(36-27)12-22-25(17(14-29)15-30)20-5-3-4-6-21(20)26(22)35/h3-8,11-13H,2,9-10H2,1H3/b22-12-,33-32?. The summed E-state index contributed by atoms with van der Waals surface area (Å²) >= 11 is 2.86. The van der Waals surface area contributed by atoms with Crippen molar-refractivity contribution in [2.45, 2.75) is 13.3 Å². The lowest BCUT2D eigenvalue weighted by Crippen LogP contribution is -2.18.